The first-order chi connectivity index (χ1) is 14.0. The maximum atomic E-state index is 9.93. The molecule has 5 rings (SSSR count). The van der Waals surface area contributed by atoms with Crippen molar-refractivity contribution in [2.24, 2.45) is 7.05 Å². The molecule has 1 fully saturated rings. The Bertz CT molecular complexity index is 1160. The van der Waals surface area contributed by atoms with Crippen LogP contribution in [0, 0.1) is 6.92 Å². The standard InChI is InChI=1S/C19H22N8OS/c1-11-7-16(29-25-11)23-19-22-15-5-6-27(13-9-20-26(2)10-13)17(15)18(24-19)21-12-3-4-14(28)8-12/h5-7,9-10,12,14,28H,3-4,8H2,1-2H3,(H2,21,22,23,24). The predicted octanol–water partition coefficient (Wildman–Crippen LogP) is 2.99. The molecule has 2 unspecified atom stereocenters. The Morgan fingerprint density at radius 1 is 1.28 bits per heavy atom. The number of aliphatic hydroxyl groups excluding tert-OH is 1. The number of fused-ring (bicyclic) bond motifs is 1. The number of aromatic nitrogens is 6. The second kappa shape index (κ2) is 7.12. The molecule has 0 bridgehead atoms. The zero-order valence-corrected chi connectivity index (χ0v) is 17.0. The fraction of sp³-hybridized carbons (Fsp3) is 0.368. The van der Waals surface area contributed by atoms with Gasteiger partial charge in [0.1, 0.15) is 10.5 Å². The summed E-state index contributed by atoms with van der Waals surface area (Å²) in [5, 5.41) is 21.9. The number of nitrogens with zero attached hydrogens (tertiary/aromatic N) is 6. The van der Waals surface area contributed by atoms with Gasteiger partial charge in [-0.2, -0.15) is 14.5 Å². The summed E-state index contributed by atoms with van der Waals surface area (Å²) in [6, 6.07) is 4.13. The average molecular weight is 411 g/mol. The SMILES string of the molecule is Cc1cc(Nc2nc(NC3CCC(O)C3)c3c(ccn3-c3cnn(C)c3)n2)sn1. The van der Waals surface area contributed by atoms with Gasteiger partial charge in [-0.25, -0.2) is 4.98 Å². The van der Waals surface area contributed by atoms with Crippen molar-refractivity contribution in [3.8, 4) is 5.69 Å². The van der Waals surface area contributed by atoms with Gasteiger partial charge in [0.15, 0.2) is 5.82 Å². The van der Waals surface area contributed by atoms with E-state index >= 15 is 0 Å². The molecule has 1 aliphatic rings. The molecule has 0 radical (unpaired) electrons. The van der Waals surface area contributed by atoms with Crippen molar-refractivity contribution in [3.05, 3.63) is 36.4 Å². The molecule has 0 amide bonds. The third kappa shape index (κ3) is 3.56. The van der Waals surface area contributed by atoms with Gasteiger partial charge in [-0.1, -0.05) is 0 Å². The lowest BCUT2D eigenvalue weighted by Gasteiger charge is -2.16. The van der Waals surface area contributed by atoms with Crippen molar-refractivity contribution < 1.29 is 5.11 Å². The van der Waals surface area contributed by atoms with Gasteiger partial charge in [0.05, 0.1) is 29.2 Å². The second-order valence-electron chi connectivity index (χ2n) is 7.45. The molecule has 2 atom stereocenters. The highest BCUT2D eigenvalue weighted by Gasteiger charge is 2.25. The highest BCUT2D eigenvalue weighted by atomic mass is 32.1. The monoisotopic (exact) mass is 410 g/mol. The van der Waals surface area contributed by atoms with Gasteiger partial charge in [-0.15, -0.1) is 0 Å². The normalized spacial score (nSPS) is 19.1. The quantitative estimate of drug-likeness (QED) is 0.464. The zero-order valence-electron chi connectivity index (χ0n) is 16.2. The van der Waals surface area contributed by atoms with E-state index in [4.69, 9.17) is 9.97 Å². The van der Waals surface area contributed by atoms with Crippen molar-refractivity contribution in [3.63, 3.8) is 0 Å². The molecule has 0 aliphatic heterocycles. The highest BCUT2D eigenvalue weighted by molar-refractivity contribution is 7.10. The van der Waals surface area contributed by atoms with Crippen LogP contribution in [0.15, 0.2) is 30.7 Å². The van der Waals surface area contributed by atoms with Gasteiger partial charge in [0.2, 0.25) is 5.95 Å². The van der Waals surface area contributed by atoms with Crippen LogP contribution in [0.2, 0.25) is 0 Å². The molecule has 9 nitrogen and oxygen atoms in total. The first-order valence-electron chi connectivity index (χ1n) is 9.58. The average Bonchev–Trinajstić information content (AvgIpc) is 3.44. The first-order valence-corrected chi connectivity index (χ1v) is 10.4. The van der Waals surface area contributed by atoms with E-state index in [1.165, 1.54) is 11.5 Å². The molecular weight excluding hydrogens is 388 g/mol. The Morgan fingerprint density at radius 2 is 2.17 bits per heavy atom. The van der Waals surface area contributed by atoms with Crippen LogP contribution in [0.3, 0.4) is 0 Å². The Morgan fingerprint density at radius 3 is 2.86 bits per heavy atom. The van der Waals surface area contributed by atoms with Crippen LogP contribution in [0.1, 0.15) is 25.0 Å². The Hall–Kier alpha value is -2.98. The molecule has 150 valence electrons. The molecule has 0 saturated heterocycles. The van der Waals surface area contributed by atoms with Crippen molar-refractivity contribution in [1.29, 1.82) is 0 Å². The molecule has 29 heavy (non-hydrogen) atoms. The summed E-state index contributed by atoms with van der Waals surface area (Å²) in [4.78, 5) is 9.48. The van der Waals surface area contributed by atoms with Crippen LogP contribution in [-0.2, 0) is 7.05 Å². The third-order valence-corrected chi connectivity index (χ3v) is 5.91. The van der Waals surface area contributed by atoms with Crippen LogP contribution < -0.4 is 10.6 Å². The predicted molar refractivity (Wildman–Crippen MR) is 113 cm³/mol. The lowest BCUT2D eigenvalue weighted by atomic mass is 10.2. The first kappa shape index (κ1) is 18.1. The van der Waals surface area contributed by atoms with E-state index < -0.39 is 0 Å². The molecular formula is C19H22N8OS. The summed E-state index contributed by atoms with van der Waals surface area (Å²) < 4.78 is 8.11. The van der Waals surface area contributed by atoms with Crippen LogP contribution >= 0.6 is 11.5 Å². The van der Waals surface area contributed by atoms with Gasteiger partial charge in [0.25, 0.3) is 0 Å². The minimum Gasteiger partial charge on any atom is -0.393 e. The van der Waals surface area contributed by atoms with E-state index in [1.54, 1.807) is 4.68 Å². The number of nitrogens with one attached hydrogen (secondary N) is 2. The molecule has 4 aromatic rings. The fourth-order valence-electron chi connectivity index (χ4n) is 3.76. The lowest BCUT2D eigenvalue weighted by Crippen LogP contribution is -2.18. The van der Waals surface area contributed by atoms with Gasteiger partial charge in [0, 0.05) is 25.5 Å². The van der Waals surface area contributed by atoms with Gasteiger partial charge in [-0.05, 0) is 49.9 Å². The smallest absolute Gasteiger partial charge is 0.230 e. The van der Waals surface area contributed by atoms with E-state index in [1.807, 2.05) is 49.3 Å². The van der Waals surface area contributed by atoms with E-state index in [2.05, 4.69) is 20.1 Å². The van der Waals surface area contributed by atoms with Gasteiger partial charge in [-0.3, -0.25) is 4.68 Å². The number of rotatable bonds is 5. The minimum absolute atomic E-state index is 0.179. The topological polar surface area (TPSA) is 106 Å². The maximum Gasteiger partial charge on any atom is 0.230 e. The summed E-state index contributed by atoms with van der Waals surface area (Å²) >= 11 is 1.38. The highest BCUT2D eigenvalue weighted by Crippen LogP contribution is 2.31. The third-order valence-electron chi connectivity index (χ3n) is 5.11. The van der Waals surface area contributed by atoms with Crippen LogP contribution in [0.4, 0.5) is 16.8 Å². The second-order valence-corrected chi connectivity index (χ2v) is 8.26. The molecule has 0 spiro atoms. The summed E-state index contributed by atoms with van der Waals surface area (Å²) in [6.45, 7) is 1.96. The summed E-state index contributed by atoms with van der Waals surface area (Å²) in [5.41, 5.74) is 3.62. The van der Waals surface area contributed by atoms with Gasteiger partial charge < -0.3 is 20.3 Å². The van der Waals surface area contributed by atoms with Crippen LogP contribution in [0.25, 0.3) is 16.7 Å². The largest absolute Gasteiger partial charge is 0.393 e. The molecule has 1 saturated carbocycles. The lowest BCUT2D eigenvalue weighted by molar-refractivity contribution is 0.182. The Labute approximate surface area is 171 Å². The van der Waals surface area contributed by atoms with Crippen molar-refractivity contribution in [2.45, 2.75) is 38.3 Å². The Kier molecular flexibility index (Phi) is 4.44. The van der Waals surface area contributed by atoms with Gasteiger partial charge >= 0.3 is 0 Å². The fourth-order valence-corrected chi connectivity index (χ4v) is 4.42. The van der Waals surface area contributed by atoms with E-state index in [0.29, 0.717) is 5.95 Å². The number of aliphatic hydroxyl groups is 1. The molecule has 4 heterocycles. The number of hydrogen-bond acceptors (Lipinski definition) is 8. The molecule has 3 N–H and O–H groups in total. The molecule has 0 aromatic carbocycles. The van der Waals surface area contributed by atoms with E-state index in [9.17, 15) is 5.11 Å². The summed E-state index contributed by atoms with van der Waals surface area (Å²) in [6.07, 6.45) is 7.93. The summed E-state index contributed by atoms with van der Waals surface area (Å²) in [7, 11) is 1.89. The number of aryl methyl sites for hydroxylation is 2. The van der Waals surface area contributed by atoms with Crippen molar-refractivity contribution in [2.75, 3.05) is 10.6 Å². The minimum atomic E-state index is -0.257. The van der Waals surface area contributed by atoms with Crippen molar-refractivity contribution >= 4 is 39.3 Å². The molecule has 10 heteroatoms. The zero-order chi connectivity index (χ0) is 20.0. The number of anilines is 3. The van der Waals surface area contributed by atoms with Crippen LogP contribution in [-0.4, -0.2) is 45.9 Å². The molecule has 1 aliphatic carbocycles. The Balaban J connectivity index is 1.58. The molecule has 4 aromatic heterocycles. The van der Waals surface area contributed by atoms with Crippen molar-refractivity contribution in [1.82, 2.24) is 28.7 Å². The van der Waals surface area contributed by atoms with E-state index in [0.717, 1.165) is 52.5 Å². The number of hydrogen-bond donors (Lipinski definition) is 3. The van der Waals surface area contributed by atoms with Crippen LogP contribution in [0.5, 0.6) is 0 Å². The maximum absolute atomic E-state index is 9.93. The summed E-state index contributed by atoms with van der Waals surface area (Å²) in [5.74, 6) is 1.26. The van der Waals surface area contributed by atoms with E-state index in [-0.39, 0.29) is 12.1 Å².